The molecule has 24 heavy (non-hydrogen) atoms. The third-order valence-electron chi connectivity index (χ3n) is 4.38. The first kappa shape index (κ1) is 16.9. The van der Waals surface area contributed by atoms with Gasteiger partial charge in [0.05, 0.1) is 17.5 Å². The molecular weight excluding hydrogens is 328 g/mol. The van der Waals surface area contributed by atoms with Crippen molar-refractivity contribution in [1.82, 2.24) is 10.2 Å². The summed E-state index contributed by atoms with van der Waals surface area (Å²) in [6, 6.07) is 7.83. The summed E-state index contributed by atoms with van der Waals surface area (Å²) in [5.41, 5.74) is 3.94. The van der Waals surface area contributed by atoms with E-state index in [-0.39, 0.29) is 6.10 Å². The molecule has 2 heterocycles. The lowest BCUT2D eigenvalue weighted by Crippen LogP contribution is -1.99. The third-order valence-corrected chi connectivity index (χ3v) is 5.38. The number of nitrogens with zero attached hydrogens (tertiary/aromatic N) is 1. The summed E-state index contributed by atoms with van der Waals surface area (Å²) < 4.78 is 14.6. The number of nitrogens with one attached hydrogen (secondary N) is 3. The predicted octanol–water partition coefficient (Wildman–Crippen LogP) is 1.98. The second-order valence-corrected chi connectivity index (χ2v) is 7.10. The van der Waals surface area contributed by atoms with Crippen LogP contribution in [0.3, 0.4) is 0 Å². The SMILES string of the molecule is CO.O=S1Cc2c(Nc3cc(C4CCC(O)C4)[nH]n3)cccc2N1. The molecule has 0 amide bonds. The minimum absolute atomic E-state index is 0.192. The average molecular weight is 350 g/mol. The van der Waals surface area contributed by atoms with Gasteiger partial charge in [-0.1, -0.05) is 6.07 Å². The molecule has 0 spiro atoms. The fraction of sp³-hybridized carbons (Fsp3) is 0.438. The maximum atomic E-state index is 11.6. The van der Waals surface area contributed by atoms with Gasteiger partial charge in [-0.25, -0.2) is 4.21 Å². The van der Waals surface area contributed by atoms with Crippen molar-refractivity contribution in [1.29, 1.82) is 0 Å². The van der Waals surface area contributed by atoms with E-state index in [1.165, 1.54) is 0 Å². The smallest absolute Gasteiger partial charge is 0.152 e. The maximum Gasteiger partial charge on any atom is 0.152 e. The van der Waals surface area contributed by atoms with E-state index in [2.05, 4.69) is 20.2 Å². The summed E-state index contributed by atoms with van der Waals surface area (Å²) >= 11 is 0. The van der Waals surface area contributed by atoms with Crippen molar-refractivity contribution in [3.63, 3.8) is 0 Å². The zero-order valence-corrected chi connectivity index (χ0v) is 14.3. The Morgan fingerprint density at radius 2 is 2.17 bits per heavy atom. The largest absolute Gasteiger partial charge is 0.400 e. The van der Waals surface area contributed by atoms with Crippen molar-refractivity contribution in [2.75, 3.05) is 17.1 Å². The molecule has 130 valence electrons. The Kier molecular flexibility index (Phi) is 5.17. The summed E-state index contributed by atoms with van der Waals surface area (Å²) in [5, 5.41) is 27.3. The van der Waals surface area contributed by atoms with Gasteiger partial charge in [0.2, 0.25) is 0 Å². The van der Waals surface area contributed by atoms with Crippen molar-refractivity contribution >= 4 is 28.2 Å². The number of hydrogen-bond donors (Lipinski definition) is 5. The number of aliphatic hydroxyl groups is 2. The van der Waals surface area contributed by atoms with E-state index in [4.69, 9.17) is 5.11 Å². The lowest BCUT2D eigenvalue weighted by molar-refractivity contribution is 0.181. The van der Waals surface area contributed by atoms with E-state index in [1.54, 1.807) is 0 Å². The number of benzene rings is 1. The van der Waals surface area contributed by atoms with Crippen LogP contribution in [-0.2, 0) is 16.7 Å². The third kappa shape index (κ3) is 3.45. The first-order valence-electron chi connectivity index (χ1n) is 7.91. The van der Waals surface area contributed by atoms with Gasteiger partial charge in [0.1, 0.15) is 11.0 Å². The zero-order valence-electron chi connectivity index (χ0n) is 13.5. The van der Waals surface area contributed by atoms with Crippen LogP contribution in [0.5, 0.6) is 0 Å². The molecule has 1 aliphatic carbocycles. The predicted molar refractivity (Wildman–Crippen MR) is 94.5 cm³/mol. The Hall–Kier alpha value is -1.90. The molecule has 8 heteroatoms. The molecule has 1 saturated carbocycles. The van der Waals surface area contributed by atoms with Crippen LogP contribution in [0.25, 0.3) is 0 Å². The zero-order chi connectivity index (χ0) is 17.1. The van der Waals surface area contributed by atoms with E-state index in [1.807, 2.05) is 24.3 Å². The maximum absolute atomic E-state index is 11.6. The van der Waals surface area contributed by atoms with Gasteiger partial charge >= 0.3 is 0 Å². The number of hydrogen-bond acceptors (Lipinski definition) is 5. The van der Waals surface area contributed by atoms with Crippen LogP contribution in [0.1, 0.15) is 36.4 Å². The minimum atomic E-state index is -1.03. The van der Waals surface area contributed by atoms with Crippen LogP contribution < -0.4 is 10.0 Å². The Balaban J connectivity index is 0.000000815. The highest BCUT2D eigenvalue weighted by molar-refractivity contribution is 7.86. The van der Waals surface area contributed by atoms with E-state index in [9.17, 15) is 9.32 Å². The highest BCUT2D eigenvalue weighted by Gasteiger charge is 2.26. The number of rotatable bonds is 3. The molecule has 1 aromatic heterocycles. The highest BCUT2D eigenvalue weighted by Crippen LogP contribution is 2.36. The minimum Gasteiger partial charge on any atom is -0.400 e. The normalized spacial score (nSPS) is 24.7. The van der Waals surface area contributed by atoms with Gasteiger partial charge in [-0.05, 0) is 31.4 Å². The first-order valence-corrected chi connectivity index (χ1v) is 9.23. The summed E-state index contributed by atoms with van der Waals surface area (Å²) in [4.78, 5) is 0. The molecule has 7 nitrogen and oxygen atoms in total. The van der Waals surface area contributed by atoms with Crippen LogP contribution in [0, 0.1) is 0 Å². The van der Waals surface area contributed by atoms with Crippen LogP contribution in [0.2, 0.25) is 0 Å². The molecule has 0 saturated heterocycles. The number of H-pyrrole nitrogens is 1. The first-order chi connectivity index (χ1) is 11.7. The fourth-order valence-corrected chi connectivity index (χ4v) is 4.31. The van der Waals surface area contributed by atoms with Gasteiger partial charge in [-0.15, -0.1) is 0 Å². The number of fused-ring (bicyclic) bond motifs is 1. The Bertz CT molecular complexity index is 734. The monoisotopic (exact) mass is 350 g/mol. The molecule has 1 aromatic carbocycles. The Morgan fingerprint density at radius 3 is 2.92 bits per heavy atom. The van der Waals surface area contributed by atoms with Gasteiger partial charge in [0.15, 0.2) is 5.82 Å². The van der Waals surface area contributed by atoms with Crippen LogP contribution >= 0.6 is 0 Å². The molecule has 4 rings (SSSR count). The molecule has 2 aliphatic rings. The molecule has 0 bridgehead atoms. The van der Waals surface area contributed by atoms with Gasteiger partial charge in [0.25, 0.3) is 0 Å². The van der Waals surface area contributed by atoms with Crippen LogP contribution in [-0.4, -0.2) is 37.8 Å². The average Bonchev–Trinajstić information content (AvgIpc) is 3.29. The molecule has 3 atom stereocenters. The molecule has 3 unspecified atom stereocenters. The second kappa shape index (κ2) is 7.33. The number of aromatic amines is 1. The molecule has 0 radical (unpaired) electrons. The lowest BCUT2D eigenvalue weighted by atomic mass is 10.0. The second-order valence-electron chi connectivity index (χ2n) is 5.92. The van der Waals surface area contributed by atoms with Crippen molar-refractivity contribution in [2.24, 2.45) is 0 Å². The van der Waals surface area contributed by atoms with Gasteiger partial charge in [0, 0.05) is 36.0 Å². The van der Waals surface area contributed by atoms with Gasteiger partial charge in [-0.2, -0.15) is 5.10 Å². The number of anilines is 3. The van der Waals surface area contributed by atoms with Crippen molar-refractivity contribution in [3.05, 3.63) is 35.5 Å². The standard InChI is InChI=1S/C15H18N4O2S.CH4O/c20-10-5-4-9(6-10)14-7-15(18-17-14)16-12-2-1-3-13-11(12)8-22(21)19-13;1-2/h1-3,7,9-10,19-20H,4-6,8H2,(H2,16,17,18);2H,1H3. The molecule has 5 N–H and O–H groups in total. The van der Waals surface area contributed by atoms with E-state index < -0.39 is 11.0 Å². The summed E-state index contributed by atoms with van der Waals surface area (Å²) in [6.07, 6.45) is 2.46. The summed E-state index contributed by atoms with van der Waals surface area (Å²) in [5.74, 6) is 1.61. The van der Waals surface area contributed by atoms with Gasteiger partial charge < -0.3 is 20.3 Å². The highest BCUT2D eigenvalue weighted by atomic mass is 32.2. The van der Waals surface area contributed by atoms with Gasteiger partial charge in [-0.3, -0.25) is 5.10 Å². The number of aliphatic hydroxyl groups excluding tert-OH is 2. The van der Waals surface area contributed by atoms with E-state index >= 15 is 0 Å². The summed E-state index contributed by atoms with van der Waals surface area (Å²) in [7, 11) is -0.0343. The number of aromatic nitrogens is 2. The summed E-state index contributed by atoms with van der Waals surface area (Å²) in [6.45, 7) is 0. The molecule has 1 aliphatic heterocycles. The molecule has 1 fully saturated rings. The van der Waals surface area contributed by atoms with Crippen molar-refractivity contribution < 1.29 is 14.4 Å². The van der Waals surface area contributed by atoms with E-state index in [0.717, 1.165) is 54.8 Å². The fourth-order valence-electron chi connectivity index (χ4n) is 3.23. The lowest BCUT2D eigenvalue weighted by Gasteiger charge is -2.07. The molecular formula is C16H22N4O3S. The quantitative estimate of drug-likeness (QED) is 0.581. The van der Waals surface area contributed by atoms with E-state index in [0.29, 0.717) is 11.7 Å². The Morgan fingerprint density at radius 1 is 1.33 bits per heavy atom. The van der Waals surface area contributed by atoms with Crippen LogP contribution in [0.15, 0.2) is 24.3 Å². The topological polar surface area (TPSA) is 110 Å². The van der Waals surface area contributed by atoms with Crippen molar-refractivity contribution in [3.8, 4) is 0 Å². The van der Waals surface area contributed by atoms with Crippen molar-refractivity contribution in [2.45, 2.75) is 37.0 Å². The molecule has 2 aromatic rings. The Labute approximate surface area is 143 Å². The van der Waals surface area contributed by atoms with Crippen LogP contribution in [0.4, 0.5) is 17.2 Å².